The van der Waals surface area contributed by atoms with Crippen LogP contribution in [0.1, 0.15) is 48.4 Å². The van der Waals surface area contributed by atoms with E-state index in [1.807, 2.05) is 42.8 Å². The molecule has 0 spiro atoms. The first kappa shape index (κ1) is 16.7. The molecule has 0 N–H and O–H groups in total. The van der Waals surface area contributed by atoms with Gasteiger partial charge < -0.3 is 9.30 Å². The molecule has 0 aliphatic heterocycles. The average Bonchev–Trinajstić information content (AvgIpc) is 2.98. The van der Waals surface area contributed by atoms with Gasteiger partial charge in [0.15, 0.2) is 5.78 Å². The number of ketones is 1. The Bertz CT molecular complexity index is 711. The predicted molar refractivity (Wildman–Crippen MR) is 90.4 cm³/mol. The Morgan fingerprint density at radius 1 is 1.17 bits per heavy atom. The lowest BCUT2D eigenvalue weighted by Gasteiger charge is -2.09. The van der Waals surface area contributed by atoms with Crippen LogP contribution in [0.5, 0.6) is 0 Å². The van der Waals surface area contributed by atoms with Gasteiger partial charge in [-0.05, 0) is 32.9 Å². The van der Waals surface area contributed by atoms with E-state index in [0.717, 1.165) is 5.69 Å². The molecular formula is C19H21NO3. The van der Waals surface area contributed by atoms with Crippen LogP contribution in [0.15, 0.2) is 48.7 Å². The fourth-order valence-corrected chi connectivity index (χ4v) is 2.30. The standard InChI is InChI=1S/C19H21NO3/c1-4-23-18(21)11-10-17-12-16(13-20(17)14(2)3)19(22)15-8-6-5-7-9-15/h5-14H,4H2,1-3H3/b11-10+. The molecule has 0 radical (unpaired) electrons. The summed E-state index contributed by atoms with van der Waals surface area (Å²) in [6.45, 7) is 6.16. The van der Waals surface area contributed by atoms with Gasteiger partial charge in [0, 0.05) is 35.1 Å². The maximum atomic E-state index is 12.5. The fraction of sp³-hybridized carbons (Fsp3) is 0.263. The zero-order chi connectivity index (χ0) is 16.8. The number of ether oxygens (including phenoxy) is 1. The van der Waals surface area contributed by atoms with Crippen LogP contribution in [0, 0.1) is 0 Å². The minimum atomic E-state index is -0.389. The molecule has 2 rings (SSSR count). The maximum absolute atomic E-state index is 12.5. The summed E-state index contributed by atoms with van der Waals surface area (Å²) in [7, 11) is 0. The Morgan fingerprint density at radius 2 is 1.87 bits per heavy atom. The zero-order valence-electron chi connectivity index (χ0n) is 13.7. The number of carbonyl (C=O) groups is 2. The SMILES string of the molecule is CCOC(=O)/C=C/c1cc(C(=O)c2ccccc2)cn1C(C)C. The van der Waals surface area contributed by atoms with E-state index in [0.29, 0.717) is 17.7 Å². The lowest BCUT2D eigenvalue weighted by atomic mass is 10.1. The number of hydrogen-bond donors (Lipinski definition) is 0. The molecule has 0 atom stereocenters. The largest absolute Gasteiger partial charge is 0.463 e. The molecular weight excluding hydrogens is 290 g/mol. The zero-order valence-corrected chi connectivity index (χ0v) is 13.7. The highest BCUT2D eigenvalue weighted by Crippen LogP contribution is 2.19. The third-order valence-corrected chi connectivity index (χ3v) is 3.41. The molecule has 0 bridgehead atoms. The summed E-state index contributed by atoms with van der Waals surface area (Å²) in [6, 6.07) is 11.1. The summed E-state index contributed by atoms with van der Waals surface area (Å²) >= 11 is 0. The summed E-state index contributed by atoms with van der Waals surface area (Å²) in [4.78, 5) is 24.0. The lowest BCUT2D eigenvalue weighted by Crippen LogP contribution is -2.03. The lowest BCUT2D eigenvalue weighted by molar-refractivity contribution is -0.137. The molecule has 2 aromatic rings. The Hall–Kier alpha value is -2.62. The molecule has 4 heteroatoms. The Balaban J connectivity index is 2.32. The average molecular weight is 311 g/mol. The predicted octanol–water partition coefficient (Wildman–Crippen LogP) is 3.88. The fourth-order valence-electron chi connectivity index (χ4n) is 2.30. The van der Waals surface area contributed by atoms with Gasteiger partial charge in [-0.15, -0.1) is 0 Å². The second-order valence-corrected chi connectivity index (χ2v) is 5.44. The number of benzene rings is 1. The van der Waals surface area contributed by atoms with Crippen LogP contribution in [0.25, 0.3) is 6.08 Å². The molecule has 1 aromatic carbocycles. The first-order valence-corrected chi connectivity index (χ1v) is 7.69. The van der Waals surface area contributed by atoms with Crippen LogP contribution < -0.4 is 0 Å². The Kier molecular flexibility index (Phi) is 5.52. The van der Waals surface area contributed by atoms with Gasteiger partial charge in [-0.25, -0.2) is 4.79 Å². The van der Waals surface area contributed by atoms with E-state index in [4.69, 9.17) is 4.74 Å². The third kappa shape index (κ3) is 4.19. The van der Waals surface area contributed by atoms with Gasteiger partial charge in [0.05, 0.1) is 6.61 Å². The molecule has 1 aromatic heterocycles. The van der Waals surface area contributed by atoms with Gasteiger partial charge in [-0.2, -0.15) is 0 Å². The first-order chi connectivity index (χ1) is 11.0. The molecule has 0 saturated carbocycles. The minimum absolute atomic E-state index is 0.0317. The highest BCUT2D eigenvalue weighted by Gasteiger charge is 2.14. The normalized spacial score (nSPS) is 11.1. The smallest absolute Gasteiger partial charge is 0.330 e. The van der Waals surface area contributed by atoms with E-state index < -0.39 is 0 Å². The molecule has 0 aliphatic rings. The first-order valence-electron chi connectivity index (χ1n) is 7.69. The van der Waals surface area contributed by atoms with Gasteiger partial charge in [0.25, 0.3) is 0 Å². The minimum Gasteiger partial charge on any atom is -0.463 e. The van der Waals surface area contributed by atoms with Gasteiger partial charge in [0.1, 0.15) is 0 Å². The van der Waals surface area contributed by atoms with Crippen molar-refractivity contribution in [2.24, 2.45) is 0 Å². The van der Waals surface area contributed by atoms with Gasteiger partial charge in [-0.1, -0.05) is 30.3 Å². The van der Waals surface area contributed by atoms with E-state index in [-0.39, 0.29) is 17.8 Å². The van der Waals surface area contributed by atoms with Crippen LogP contribution in [0.2, 0.25) is 0 Å². The summed E-state index contributed by atoms with van der Waals surface area (Å²) in [5.41, 5.74) is 2.05. The Labute approximate surface area is 136 Å². The van der Waals surface area contributed by atoms with E-state index in [1.165, 1.54) is 6.08 Å². The van der Waals surface area contributed by atoms with Gasteiger partial charge in [0.2, 0.25) is 0 Å². The number of carbonyl (C=O) groups excluding carboxylic acids is 2. The van der Waals surface area contributed by atoms with Crippen LogP contribution >= 0.6 is 0 Å². The number of rotatable bonds is 6. The van der Waals surface area contributed by atoms with Crippen molar-refractivity contribution < 1.29 is 14.3 Å². The molecule has 120 valence electrons. The van der Waals surface area contributed by atoms with Crippen LogP contribution in [0.3, 0.4) is 0 Å². The van der Waals surface area contributed by atoms with Crippen LogP contribution in [-0.4, -0.2) is 22.9 Å². The van der Waals surface area contributed by atoms with Crippen molar-refractivity contribution in [2.75, 3.05) is 6.61 Å². The molecule has 0 fully saturated rings. The second kappa shape index (κ2) is 7.58. The van der Waals surface area contributed by atoms with Crippen molar-refractivity contribution in [2.45, 2.75) is 26.8 Å². The van der Waals surface area contributed by atoms with Crippen molar-refractivity contribution in [1.82, 2.24) is 4.57 Å². The molecule has 4 nitrogen and oxygen atoms in total. The van der Waals surface area contributed by atoms with E-state index in [1.54, 1.807) is 31.2 Å². The molecule has 0 amide bonds. The summed E-state index contributed by atoms with van der Waals surface area (Å²) in [6.07, 6.45) is 4.89. The van der Waals surface area contributed by atoms with Crippen LogP contribution in [-0.2, 0) is 9.53 Å². The monoisotopic (exact) mass is 311 g/mol. The van der Waals surface area contributed by atoms with Crippen molar-refractivity contribution in [1.29, 1.82) is 0 Å². The Morgan fingerprint density at radius 3 is 2.48 bits per heavy atom. The molecule has 0 saturated heterocycles. The van der Waals surface area contributed by atoms with Crippen molar-refractivity contribution in [3.63, 3.8) is 0 Å². The van der Waals surface area contributed by atoms with Crippen molar-refractivity contribution in [3.8, 4) is 0 Å². The summed E-state index contributed by atoms with van der Waals surface area (Å²) < 4.78 is 6.85. The molecule has 0 aliphatic carbocycles. The molecule has 0 unspecified atom stereocenters. The van der Waals surface area contributed by atoms with Crippen LogP contribution in [0.4, 0.5) is 0 Å². The number of esters is 1. The highest BCUT2D eigenvalue weighted by molar-refractivity contribution is 6.09. The molecule has 1 heterocycles. The highest BCUT2D eigenvalue weighted by atomic mass is 16.5. The topological polar surface area (TPSA) is 48.3 Å². The van der Waals surface area contributed by atoms with Crippen molar-refractivity contribution >= 4 is 17.8 Å². The number of hydrogen-bond acceptors (Lipinski definition) is 3. The van der Waals surface area contributed by atoms with Gasteiger partial charge in [-0.3, -0.25) is 4.79 Å². The number of nitrogens with zero attached hydrogens (tertiary/aromatic N) is 1. The summed E-state index contributed by atoms with van der Waals surface area (Å²) in [5, 5.41) is 0. The van der Waals surface area contributed by atoms with Crippen molar-refractivity contribution in [3.05, 3.63) is 65.5 Å². The quantitative estimate of drug-likeness (QED) is 0.462. The third-order valence-electron chi connectivity index (χ3n) is 3.41. The molecule has 23 heavy (non-hydrogen) atoms. The second-order valence-electron chi connectivity index (χ2n) is 5.44. The van der Waals surface area contributed by atoms with E-state index in [2.05, 4.69) is 0 Å². The van der Waals surface area contributed by atoms with E-state index in [9.17, 15) is 9.59 Å². The van der Waals surface area contributed by atoms with Gasteiger partial charge >= 0.3 is 5.97 Å². The van der Waals surface area contributed by atoms with E-state index >= 15 is 0 Å². The summed E-state index contributed by atoms with van der Waals surface area (Å²) in [5.74, 6) is -0.421. The number of aromatic nitrogens is 1. The maximum Gasteiger partial charge on any atom is 0.330 e.